The molecule has 1 fully saturated rings. The van der Waals surface area contributed by atoms with E-state index in [1.165, 1.54) is 12.1 Å². The fourth-order valence-electron chi connectivity index (χ4n) is 7.11. The molecule has 1 heterocycles. The Hall–Kier alpha value is -4.09. The molecule has 0 unspecified atom stereocenters. The van der Waals surface area contributed by atoms with E-state index in [1.807, 2.05) is 13.0 Å². The molecule has 1 saturated carbocycles. The minimum Gasteiger partial charge on any atom is -0.497 e. The van der Waals surface area contributed by atoms with Crippen LogP contribution in [0.2, 0.25) is 0 Å². The highest BCUT2D eigenvalue weighted by molar-refractivity contribution is 5.94. The van der Waals surface area contributed by atoms with Crippen LogP contribution in [-0.2, 0) is 17.4 Å². The number of nitrogens with one attached hydrogen (secondary N) is 1. The van der Waals surface area contributed by atoms with Crippen molar-refractivity contribution in [3.8, 4) is 11.4 Å². The summed E-state index contributed by atoms with van der Waals surface area (Å²) in [6, 6.07) is 8.47. The number of aromatic nitrogens is 2. The lowest BCUT2D eigenvalue weighted by Gasteiger charge is -2.50. The molecule has 232 valence electrons. The van der Waals surface area contributed by atoms with E-state index >= 15 is 0 Å². The van der Waals surface area contributed by atoms with Gasteiger partial charge in [0, 0.05) is 17.2 Å². The van der Waals surface area contributed by atoms with Gasteiger partial charge in [0.2, 0.25) is 5.91 Å². The number of anilines is 1. The number of benzene rings is 2. The maximum Gasteiger partial charge on any atom is 0.416 e. The van der Waals surface area contributed by atoms with Crippen molar-refractivity contribution in [2.45, 2.75) is 45.0 Å². The smallest absolute Gasteiger partial charge is 0.416 e. The van der Waals surface area contributed by atoms with Crippen molar-refractivity contribution >= 4 is 17.7 Å². The maximum atomic E-state index is 14.4. The van der Waals surface area contributed by atoms with Crippen molar-refractivity contribution < 1.29 is 40.3 Å². The van der Waals surface area contributed by atoms with Gasteiger partial charge in [-0.1, -0.05) is 24.1 Å². The second kappa shape index (κ2) is 10.5. The number of methoxy groups -OCH3 is 1. The van der Waals surface area contributed by atoms with E-state index in [9.17, 15) is 35.5 Å². The number of amides is 1. The molecule has 3 aromatic rings. The fraction of sp³-hybridized carbons (Fsp3) is 0.375. The standard InChI is InChI=1S/C32H28F7N3O2/c1-30-15-17-16-40-42(22-6-4-20(33)5-7-22)27(17)13-18(30)3-8-24-25(30)9-10-26(32(37,38)39)28(24)29(43)41-21-11-19(31(34,35)36)12-23(14-21)44-2/h4-7,9,11-14,16,24,26,28H,3,8,10,15H2,1-2H3,(H,41,43)/t24-,26+,28+,30-/m0/s1. The number of hydrogen-bond donors (Lipinski definition) is 1. The third kappa shape index (κ3) is 5.17. The number of hydrogen-bond acceptors (Lipinski definition) is 3. The molecule has 5 nitrogen and oxygen atoms in total. The van der Waals surface area contributed by atoms with Crippen LogP contribution >= 0.6 is 0 Å². The van der Waals surface area contributed by atoms with Crippen LogP contribution in [0.3, 0.4) is 0 Å². The lowest BCUT2D eigenvalue weighted by molar-refractivity contribution is -0.196. The monoisotopic (exact) mass is 619 g/mol. The van der Waals surface area contributed by atoms with Gasteiger partial charge in [-0.05, 0) is 79.6 Å². The summed E-state index contributed by atoms with van der Waals surface area (Å²) in [5, 5.41) is 6.85. The SMILES string of the molecule is COc1cc(NC(=O)[C@H]2[C@H](C(F)(F)F)CC=C3[C@@H]2CCC2=Cc4c(cnn4-c4ccc(F)cc4)C[C@@]23C)cc(C(F)(F)F)c1. The summed E-state index contributed by atoms with van der Waals surface area (Å²) in [5.41, 5.74) is 1.97. The molecule has 0 saturated heterocycles. The molecule has 0 bridgehead atoms. The van der Waals surface area contributed by atoms with Gasteiger partial charge in [0.15, 0.2) is 0 Å². The van der Waals surface area contributed by atoms with Gasteiger partial charge >= 0.3 is 12.4 Å². The van der Waals surface area contributed by atoms with E-state index in [4.69, 9.17) is 4.74 Å². The second-order valence-electron chi connectivity index (χ2n) is 11.8. The maximum absolute atomic E-state index is 14.4. The average molecular weight is 620 g/mol. The Morgan fingerprint density at radius 2 is 1.82 bits per heavy atom. The van der Waals surface area contributed by atoms with Gasteiger partial charge in [0.05, 0.1) is 42.1 Å². The van der Waals surface area contributed by atoms with Crippen LogP contribution < -0.4 is 10.1 Å². The first-order valence-electron chi connectivity index (χ1n) is 14.1. The first-order valence-corrected chi connectivity index (χ1v) is 14.1. The summed E-state index contributed by atoms with van der Waals surface area (Å²) >= 11 is 0. The van der Waals surface area contributed by atoms with Crippen LogP contribution in [0.15, 0.2) is 65.9 Å². The van der Waals surface area contributed by atoms with Gasteiger partial charge in [-0.25, -0.2) is 9.07 Å². The van der Waals surface area contributed by atoms with Crippen LogP contribution in [0, 0.1) is 29.0 Å². The zero-order valence-corrected chi connectivity index (χ0v) is 23.7. The Balaban J connectivity index is 1.34. The zero-order chi connectivity index (χ0) is 31.6. The predicted molar refractivity (Wildman–Crippen MR) is 148 cm³/mol. The largest absolute Gasteiger partial charge is 0.497 e. The third-order valence-electron chi connectivity index (χ3n) is 9.20. The lowest BCUT2D eigenvalue weighted by Crippen LogP contribution is -2.49. The quantitative estimate of drug-likeness (QED) is 0.237. The van der Waals surface area contributed by atoms with Gasteiger partial charge in [-0.15, -0.1) is 0 Å². The molecule has 1 amide bonds. The number of rotatable bonds is 4. The Kier molecular flexibility index (Phi) is 7.16. The highest BCUT2D eigenvalue weighted by Crippen LogP contribution is 2.59. The number of nitrogens with zero attached hydrogens (tertiary/aromatic N) is 2. The Morgan fingerprint density at radius 1 is 1.09 bits per heavy atom. The van der Waals surface area contributed by atoms with E-state index in [2.05, 4.69) is 10.4 Å². The number of allylic oxidation sites excluding steroid dienone is 3. The molecule has 3 aliphatic carbocycles. The van der Waals surface area contributed by atoms with E-state index in [0.29, 0.717) is 24.6 Å². The first-order chi connectivity index (χ1) is 20.7. The fourth-order valence-corrected chi connectivity index (χ4v) is 7.11. The van der Waals surface area contributed by atoms with Crippen molar-refractivity contribution in [2.75, 3.05) is 12.4 Å². The van der Waals surface area contributed by atoms with Gasteiger partial charge < -0.3 is 10.1 Å². The zero-order valence-electron chi connectivity index (χ0n) is 23.7. The van der Waals surface area contributed by atoms with Crippen LogP contribution in [0.1, 0.15) is 43.0 Å². The van der Waals surface area contributed by atoms with Crippen molar-refractivity contribution in [1.29, 1.82) is 0 Å². The molecule has 1 aromatic heterocycles. The predicted octanol–water partition coefficient (Wildman–Crippen LogP) is 8.16. The van der Waals surface area contributed by atoms with Crippen LogP contribution in [0.4, 0.5) is 36.4 Å². The molecule has 4 atom stereocenters. The molecule has 0 aliphatic heterocycles. The normalized spacial score (nSPS) is 24.8. The molecule has 2 aromatic carbocycles. The van der Waals surface area contributed by atoms with Gasteiger partial charge in [-0.3, -0.25) is 4.79 Å². The number of ether oxygens (including phenoxy) is 1. The molecule has 12 heteroatoms. The first kappa shape index (κ1) is 30.0. The molecule has 6 rings (SSSR count). The van der Waals surface area contributed by atoms with Crippen LogP contribution in [0.25, 0.3) is 11.8 Å². The summed E-state index contributed by atoms with van der Waals surface area (Å²) in [6.07, 6.45) is -3.52. The second-order valence-corrected chi connectivity index (χ2v) is 11.8. The Bertz CT molecular complexity index is 1670. The van der Waals surface area contributed by atoms with Crippen molar-refractivity contribution in [2.24, 2.45) is 23.2 Å². The molecule has 0 spiro atoms. The molecule has 3 aliphatic rings. The number of alkyl halides is 6. The number of fused-ring (bicyclic) bond motifs is 4. The summed E-state index contributed by atoms with van der Waals surface area (Å²) in [5.74, 6) is -5.88. The van der Waals surface area contributed by atoms with Crippen molar-refractivity contribution in [1.82, 2.24) is 9.78 Å². The minimum atomic E-state index is -4.76. The van der Waals surface area contributed by atoms with E-state index in [-0.39, 0.29) is 23.7 Å². The summed E-state index contributed by atoms with van der Waals surface area (Å²) in [7, 11) is 1.16. The minimum absolute atomic E-state index is 0.189. The third-order valence-corrected chi connectivity index (χ3v) is 9.20. The number of carbonyl (C=O) groups is 1. The van der Waals surface area contributed by atoms with Crippen LogP contribution in [-0.4, -0.2) is 29.0 Å². The van der Waals surface area contributed by atoms with Crippen molar-refractivity contribution in [3.05, 3.63) is 88.5 Å². The van der Waals surface area contributed by atoms with Gasteiger partial charge in [-0.2, -0.15) is 31.4 Å². The van der Waals surface area contributed by atoms with E-state index in [0.717, 1.165) is 41.6 Å². The van der Waals surface area contributed by atoms with E-state index in [1.54, 1.807) is 29.1 Å². The molecule has 44 heavy (non-hydrogen) atoms. The topological polar surface area (TPSA) is 56.1 Å². The lowest BCUT2D eigenvalue weighted by atomic mass is 9.54. The average Bonchev–Trinajstić information content (AvgIpc) is 3.36. The summed E-state index contributed by atoms with van der Waals surface area (Å²) in [6.45, 7) is 1.95. The van der Waals surface area contributed by atoms with Crippen molar-refractivity contribution in [3.63, 3.8) is 0 Å². The van der Waals surface area contributed by atoms with Gasteiger partial charge in [0.1, 0.15) is 11.6 Å². The molecule has 1 N–H and O–H groups in total. The Morgan fingerprint density at radius 3 is 2.48 bits per heavy atom. The van der Waals surface area contributed by atoms with Gasteiger partial charge in [0.25, 0.3) is 0 Å². The van der Waals surface area contributed by atoms with Crippen LogP contribution in [0.5, 0.6) is 5.75 Å². The highest BCUT2D eigenvalue weighted by Gasteiger charge is 2.56. The Labute approximate surface area is 248 Å². The molecular formula is C32H28F7N3O2. The number of carbonyl (C=O) groups excluding carboxylic acids is 1. The number of halogens is 7. The van der Waals surface area contributed by atoms with E-state index < -0.39 is 53.4 Å². The summed E-state index contributed by atoms with van der Waals surface area (Å²) in [4.78, 5) is 13.7. The molecular weight excluding hydrogens is 591 g/mol. The highest BCUT2D eigenvalue weighted by atomic mass is 19.4. The summed E-state index contributed by atoms with van der Waals surface area (Å²) < 4.78 is 104. The molecule has 0 radical (unpaired) electrons.